The van der Waals surface area contributed by atoms with Crippen LogP contribution in [0.25, 0.3) is 0 Å². The van der Waals surface area contributed by atoms with E-state index in [1.54, 1.807) is 6.92 Å². The predicted molar refractivity (Wildman–Crippen MR) is 129 cm³/mol. The van der Waals surface area contributed by atoms with Crippen molar-refractivity contribution in [3.63, 3.8) is 0 Å². The summed E-state index contributed by atoms with van der Waals surface area (Å²) in [6, 6.07) is 21.1. The second-order valence-corrected chi connectivity index (χ2v) is 9.96. The van der Waals surface area contributed by atoms with E-state index in [2.05, 4.69) is 74.0 Å². The lowest BCUT2D eigenvalue weighted by Gasteiger charge is -2.44. The maximum atomic E-state index is 12.8. The van der Waals surface area contributed by atoms with Crippen LogP contribution in [0, 0.1) is 0 Å². The van der Waals surface area contributed by atoms with E-state index in [4.69, 9.17) is 0 Å². The molecule has 0 N–H and O–H groups in total. The number of alkyl halides is 2. The molecule has 1 saturated carbocycles. The maximum absolute atomic E-state index is 12.8. The van der Waals surface area contributed by atoms with E-state index < -0.39 is 0 Å². The normalized spacial score (nSPS) is 24.9. The minimum Gasteiger partial charge on any atom is -0.308 e. The van der Waals surface area contributed by atoms with Crippen molar-refractivity contribution in [2.45, 2.75) is 61.4 Å². The molecule has 0 saturated heterocycles. The van der Waals surface area contributed by atoms with Crippen molar-refractivity contribution in [3.8, 4) is 0 Å². The number of rotatable bonds is 6. The molecule has 0 bridgehead atoms. The number of carbonyl (C=O) groups excluding carboxylic acids is 1. The standard InChI is InChI=1S/C24H30Br2N2O/c1-3-27(17-19-11-6-4-7-12-19)24-22(16-10-15-21(25)23(24)26)28(18(2)29)20-13-8-5-9-14-20/h4-9,11-14,21-24H,3,10,15-17H2,1-2H3. The van der Waals surface area contributed by atoms with Crippen molar-refractivity contribution in [1.29, 1.82) is 0 Å². The molecule has 0 heterocycles. The van der Waals surface area contributed by atoms with Crippen LogP contribution in [-0.4, -0.2) is 39.1 Å². The fourth-order valence-electron chi connectivity index (χ4n) is 4.45. The second kappa shape index (κ2) is 10.7. The lowest BCUT2D eigenvalue weighted by atomic mass is 9.97. The highest BCUT2D eigenvalue weighted by Crippen LogP contribution is 2.37. The Morgan fingerprint density at radius 1 is 1.00 bits per heavy atom. The molecule has 4 atom stereocenters. The van der Waals surface area contributed by atoms with Crippen molar-refractivity contribution < 1.29 is 4.79 Å². The Balaban J connectivity index is 2.00. The summed E-state index contributed by atoms with van der Waals surface area (Å²) in [4.78, 5) is 18.0. The van der Waals surface area contributed by atoms with Gasteiger partial charge < -0.3 is 4.90 Å². The molecule has 2 aromatic rings. The molecule has 3 nitrogen and oxygen atoms in total. The van der Waals surface area contributed by atoms with E-state index in [0.717, 1.165) is 38.0 Å². The summed E-state index contributed by atoms with van der Waals surface area (Å²) >= 11 is 7.95. The molecule has 0 aliphatic heterocycles. The molecule has 2 aromatic carbocycles. The number of nitrogens with zero attached hydrogens (tertiary/aromatic N) is 2. The second-order valence-electron chi connectivity index (χ2n) is 7.72. The zero-order valence-corrected chi connectivity index (χ0v) is 20.3. The third-order valence-corrected chi connectivity index (χ3v) is 8.72. The molecule has 1 aliphatic rings. The van der Waals surface area contributed by atoms with Crippen LogP contribution in [0.15, 0.2) is 60.7 Å². The molecule has 156 valence electrons. The van der Waals surface area contributed by atoms with Crippen molar-refractivity contribution in [1.82, 2.24) is 4.90 Å². The van der Waals surface area contributed by atoms with Crippen LogP contribution in [-0.2, 0) is 11.3 Å². The molecule has 5 heteroatoms. The van der Waals surface area contributed by atoms with Gasteiger partial charge in [0.25, 0.3) is 0 Å². The van der Waals surface area contributed by atoms with E-state index >= 15 is 0 Å². The third kappa shape index (κ3) is 5.50. The van der Waals surface area contributed by atoms with Crippen LogP contribution in [0.2, 0.25) is 0 Å². The van der Waals surface area contributed by atoms with Gasteiger partial charge in [0.05, 0.1) is 6.04 Å². The topological polar surface area (TPSA) is 23.6 Å². The SMILES string of the molecule is CCN(Cc1ccccc1)C1C(Br)C(Br)CCCC1N(C(C)=O)c1ccccc1. The molecule has 3 rings (SSSR count). The van der Waals surface area contributed by atoms with E-state index in [1.165, 1.54) is 5.56 Å². The van der Waals surface area contributed by atoms with Crippen LogP contribution < -0.4 is 4.90 Å². The van der Waals surface area contributed by atoms with E-state index in [9.17, 15) is 4.79 Å². The van der Waals surface area contributed by atoms with Crippen LogP contribution in [0.1, 0.15) is 38.7 Å². The third-order valence-electron chi connectivity index (χ3n) is 5.81. The minimum atomic E-state index is 0.106. The average Bonchev–Trinajstić information content (AvgIpc) is 2.87. The number of amides is 1. The molecule has 0 aromatic heterocycles. The molecule has 4 unspecified atom stereocenters. The quantitative estimate of drug-likeness (QED) is 0.343. The number of para-hydroxylation sites is 1. The number of carbonyl (C=O) groups is 1. The number of benzene rings is 2. The van der Waals surface area contributed by atoms with Gasteiger partial charge in [-0.3, -0.25) is 9.69 Å². The van der Waals surface area contributed by atoms with Crippen molar-refractivity contribution in [2.24, 2.45) is 0 Å². The Kier molecular flexibility index (Phi) is 8.34. The summed E-state index contributed by atoms with van der Waals surface area (Å²) in [7, 11) is 0. The first kappa shape index (κ1) is 22.5. The number of likely N-dealkylation sites (N-methyl/N-ethyl adjacent to an activating group) is 1. The molecule has 0 spiro atoms. The lowest BCUT2D eigenvalue weighted by Crippen LogP contribution is -2.57. The lowest BCUT2D eigenvalue weighted by molar-refractivity contribution is -0.117. The van der Waals surface area contributed by atoms with Crippen LogP contribution in [0.4, 0.5) is 5.69 Å². The van der Waals surface area contributed by atoms with Crippen LogP contribution >= 0.6 is 31.9 Å². The monoisotopic (exact) mass is 520 g/mol. The number of hydrogen-bond donors (Lipinski definition) is 0. The Hall–Kier alpha value is -1.17. The summed E-state index contributed by atoms with van der Waals surface area (Å²) in [5.41, 5.74) is 2.29. The maximum Gasteiger partial charge on any atom is 0.224 e. The first-order chi connectivity index (χ1) is 14.0. The predicted octanol–water partition coefficient (Wildman–Crippen LogP) is 6.01. The van der Waals surface area contributed by atoms with Crippen LogP contribution in [0.5, 0.6) is 0 Å². The van der Waals surface area contributed by atoms with Crippen LogP contribution in [0.3, 0.4) is 0 Å². The summed E-state index contributed by atoms with van der Waals surface area (Å²) < 4.78 is 0. The highest BCUT2D eigenvalue weighted by Gasteiger charge is 2.42. The van der Waals surface area contributed by atoms with Gasteiger partial charge in [-0.15, -0.1) is 0 Å². The summed E-state index contributed by atoms with van der Waals surface area (Å²) in [5, 5.41) is 0. The smallest absolute Gasteiger partial charge is 0.224 e. The highest BCUT2D eigenvalue weighted by molar-refractivity contribution is 9.12. The first-order valence-electron chi connectivity index (χ1n) is 10.4. The Labute approximate surface area is 191 Å². The van der Waals surface area contributed by atoms with Gasteiger partial charge in [-0.1, -0.05) is 93.7 Å². The van der Waals surface area contributed by atoms with Crippen molar-refractivity contribution >= 4 is 43.5 Å². The minimum absolute atomic E-state index is 0.106. The largest absolute Gasteiger partial charge is 0.308 e. The molecule has 29 heavy (non-hydrogen) atoms. The number of halogens is 2. The summed E-state index contributed by atoms with van der Waals surface area (Å²) in [5.74, 6) is 0.106. The summed E-state index contributed by atoms with van der Waals surface area (Å²) in [6.45, 7) is 5.71. The average molecular weight is 522 g/mol. The zero-order chi connectivity index (χ0) is 20.8. The van der Waals surface area contributed by atoms with Gasteiger partial charge in [0.15, 0.2) is 0 Å². The molecule has 1 amide bonds. The van der Waals surface area contributed by atoms with Crippen molar-refractivity contribution in [2.75, 3.05) is 11.4 Å². The van der Waals surface area contributed by atoms with Gasteiger partial charge in [-0.05, 0) is 37.1 Å². The molecule has 1 fully saturated rings. The molecule has 1 aliphatic carbocycles. The van der Waals surface area contributed by atoms with E-state index in [1.807, 2.05) is 35.2 Å². The summed E-state index contributed by atoms with van der Waals surface area (Å²) in [6.07, 6.45) is 3.19. The molecular weight excluding hydrogens is 492 g/mol. The van der Waals surface area contributed by atoms with Gasteiger partial charge in [-0.2, -0.15) is 0 Å². The van der Waals surface area contributed by atoms with E-state index in [-0.39, 0.29) is 22.8 Å². The Morgan fingerprint density at radius 2 is 1.62 bits per heavy atom. The fraction of sp³-hybridized carbons (Fsp3) is 0.458. The number of anilines is 1. The molecular formula is C24H30Br2N2O. The fourth-order valence-corrected chi connectivity index (χ4v) is 6.03. The molecule has 0 radical (unpaired) electrons. The van der Waals surface area contributed by atoms with Gasteiger partial charge in [0.1, 0.15) is 0 Å². The highest BCUT2D eigenvalue weighted by atomic mass is 79.9. The first-order valence-corrected chi connectivity index (χ1v) is 12.3. The van der Waals surface area contributed by atoms with Gasteiger partial charge >= 0.3 is 0 Å². The van der Waals surface area contributed by atoms with Gasteiger partial charge in [0.2, 0.25) is 5.91 Å². The van der Waals surface area contributed by atoms with E-state index in [0.29, 0.717) is 4.83 Å². The van der Waals surface area contributed by atoms with Gasteiger partial charge in [0, 0.05) is 34.9 Å². The van der Waals surface area contributed by atoms with Crippen molar-refractivity contribution in [3.05, 3.63) is 66.2 Å². The van der Waals surface area contributed by atoms with Gasteiger partial charge in [-0.25, -0.2) is 0 Å². The zero-order valence-electron chi connectivity index (χ0n) is 17.2. The Morgan fingerprint density at radius 3 is 2.21 bits per heavy atom. The Bertz CT molecular complexity index is 771. The number of hydrogen-bond acceptors (Lipinski definition) is 2.